The number of phenols is 1. The van der Waals surface area contributed by atoms with Crippen molar-refractivity contribution < 1.29 is 42.8 Å². The van der Waals surface area contributed by atoms with Gasteiger partial charge in [-0.25, -0.2) is 0 Å². The van der Waals surface area contributed by atoms with Crippen LogP contribution < -0.4 is 26.2 Å². The Balaban J connectivity index is 1.25. The van der Waals surface area contributed by atoms with Gasteiger partial charge in [0.05, 0.1) is 83.0 Å². The number of carbonyl (C=O) groups is 1. The number of aromatic hydroxyl groups is 1. The minimum atomic E-state index is -0.869. The number of rotatable bonds is 12. The molecule has 6 aliphatic heterocycles. The Kier molecular flexibility index (Phi) is 9.01. The molecule has 6 heterocycles. The second kappa shape index (κ2) is 13.7. The van der Waals surface area contributed by atoms with Crippen molar-refractivity contribution in [2.24, 2.45) is 0 Å². The maximum absolute atomic E-state index is 15.2. The number of ketones is 1. The summed E-state index contributed by atoms with van der Waals surface area (Å²) < 4.78 is 10.4. The number of benzene rings is 5. The third kappa shape index (κ3) is 5.62. The van der Waals surface area contributed by atoms with Crippen LogP contribution in [0.15, 0.2) is 27.3 Å². The first kappa shape index (κ1) is 39.5. The zero-order chi connectivity index (χ0) is 42.1. The Hall–Kier alpha value is -4.63. The number of nitrogens with zero attached hydrogens (tertiary/aromatic N) is 4. The predicted octanol–water partition coefficient (Wildman–Crippen LogP) is 3.09. The molecule has 0 amide bonds. The molecule has 1 aliphatic carbocycles. The van der Waals surface area contributed by atoms with Crippen molar-refractivity contribution in [2.45, 2.75) is 33.0 Å². The maximum atomic E-state index is 15.2. The van der Waals surface area contributed by atoms with Crippen LogP contribution in [0.2, 0.25) is 0 Å². The van der Waals surface area contributed by atoms with Gasteiger partial charge in [-0.3, -0.25) is 14.4 Å². The lowest BCUT2D eigenvalue weighted by molar-refractivity contribution is -1.07. The third-order valence-electron chi connectivity index (χ3n) is 16.3. The summed E-state index contributed by atoms with van der Waals surface area (Å²) in [5.74, 6) is -1.18. The highest BCUT2D eigenvalue weighted by atomic mass is 16.5. The Morgan fingerprint density at radius 1 is 0.717 bits per heavy atom. The molecule has 5 aromatic rings. The largest absolute Gasteiger partial charge is 0.505 e. The highest BCUT2D eigenvalue weighted by molar-refractivity contribution is 6.39. The lowest BCUT2D eigenvalue weighted by Crippen LogP contribution is -2.74. The Morgan fingerprint density at radius 3 is 1.75 bits per heavy atom. The van der Waals surface area contributed by atoms with E-state index < -0.39 is 24.6 Å². The number of allylic oxidation sites excluding steroid dienone is 1. The molecule has 12 rings (SSSR count). The summed E-state index contributed by atoms with van der Waals surface area (Å²) >= 11 is 0. The van der Waals surface area contributed by atoms with Crippen LogP contribution in [0.3, 0.4) is 0 Å². The number of piperazine rings is 6. The first-order valence-electron chi connectivity index (χ1n) is 21.9. The highest BCUT2D eigenvalue weighted by Crippen LogP contribution is 2.55. The normalized spacial score (nSPS) is 28.3. The van der Waals surface area contributed by atoms with E-state index in [2.05, 4.69) is 24.7 Å². The van der Waals surface area contributed by atoms with E-state index in [-0.39, 0.29) is 28.1 Å². The molecule has 60 heavy (non-hydrogen) atoms. The van der Waals surface area contributed by atoms with Crippen molar-refractivity contribution in [3.05, 3.63) is 60.4 Å². The second-order valence-electron chi connectivity index (χ2n) is 19.7. The molecule has 1 atom stereocenters. The van der Waals surface area contributed by atoms with E-state index in [1.165, 1.54) is 20.1 Å². The van der Waals surface area contributed by atoms with Crippen LogP contribution in [0.1, 0.15) is 42.0 Å². The standard InChI is InChI=1S/C47H57N6O7/c1-27-22-31-37-40-36(30(26-55)24-33(57)39(40)45(58)44(31)49-7-9-53-19-13-51(4,14-20-53)15-21-53)35-29(25-54)23-32(48-6-8-52-16-10-50(3,11-17-52)12-18-52)38-41(35)42(37)43(34(27)28(2)56)47(60-5)46(38)59/h22-24,34,54-55H,6-21,25-26H2,1-5H3/q+1/p+3. The number of aliphatic hydroxyl groups is 2. The SMILES string of the molecule is COc1c2c3c4c(c(NCC[N+]56CC[N+](C)(CC5)CC6)c(O)c5c(=O)cc(CO)c(c6c(CO)cc(NCC[N+]78CC[N+](C)(CC7)CC8)c(c1=O)c63)c54)C=C(C)C2C(C)=O. The molecule has 1 unspecified atom stereocenters. The van der Waals surface area contributed by atoms with Gasteiger partial charge in [0, 0.05) is 33.0 Å². The van der Waals surface area contributed by atoms with Gasteiger partial charge in [-0.15, -0.1) is 0 Å². The number of nitrogens with one attached hydrogen (secondary N) is 2. The van der Waals surface area contributed by atoms with Gasteiger partial charge in [-0.1, -0.05) is 11.6 Å². The number of ether oxygens (including phenoxy) is 1. The van der Waals surface area contributed by atoms with Crippen LogP contribution in [0, 0.1) is 0 Å². The van der Waals surface area contributed by atoms with Crippen molar-refractivity contribution in [3.63, 3.8) is 0 Å². The van der Waals surface area contributed by atoms with E-state index in [1.54, 1.807) is 0 Å². The van der Waals surface area contributed by atoms with Gasteiger partial charge in [0.25, 0.3) is 0 Å². The molecule has 0 aromatic heterocycles. The number of hydrogen-bond acceptors (Lipinski definition) is 9. The quantitative estimate of drug-likeness (QED) is 0.0556. The van der Waals surface area contributed by atoms with Crippen LogP contribution in [-0.2, 0) is 18.0 Å². The third-order valence-corrected chi connectivity index (χ3v) is 16.3. The van der Waals surface area contributed by atoms with Gasteiger partial charge in [0.2, 0.25) is 5.43 Å². The summed E-state index contributed by atoms with van der Waals surface area (Å²) in [5, 5.41) is 45.6. The minimum Gasteiger partial charge on any atom is -0.505 e. The van der Waals surface area contributed by atoms with E-state index in [1.807, 2.05) is 19.1 Å². The number of carbonyl (C=O) groups excluding carboxylic acids is 1. The van der Waals surface area contributed by atoms with Crippen molar-refractivity contribution >= 4 is 66.3 Å². The highest BCUT2D eigenvalue weighted by Gasteiger charge is 2.48. The Bertz CT molecular complexity index is 2750. The van der Waals surface area contributed by atoms with Crippen molar-refractivity contribution in [2.75, 3.05) is 137 Å². The molecule has 6 fully saturated rings. The fourth-order valence-corrected chi connectivity index (χ4v) is 12.3. The summed E-state index contributed by atoms with van der Waals surface area (Å²) in [4.78, 5) is 43.5. The van der Waals surface area contributed by atoms with Crippen molar-refractivity contribution in [1.29, 1.82) is 0 Å². The molecule has 13 nitrogen and oxygen atoms in total. The molecule has 316 valence electrons. The summed E-state index contributed by atoms with van der Waals surface area (Å²) in [7, 11) is 6.16. The van der Waals surface area contributed by atoms with E-state index in [0.717, 1.165) is 110 Å². The fourth-order valence-electron chi connectivity index (χ4n) is 12.3. The second-order valence-corrected chi connectivity index (χ2v) is 19.7. The molecular formula is C47H60N6O7+4. The molecule has 5 N–H and O–H groups in total. The molecule has 7 aliphatic rings. The number of aliphatic hydroxyl groups excluding tert-OH is 2. The van der Waals surface area contributed by atoms with E-state index >= 15 is 4.79 Å². The van der Waals surface area contributed by atoms with Gasteiger partial charge in [0.15, 0.2) is 16.9 Å². The average molecular weight is 821 g/mol. The first-order valence-corrected chi connectivity index (χ1v) is 21.9. The molecule has 13 heteroatoms. The zero-order valence-electron chi connectivity index (χ0n) is 35.8. The summed E-state index contributed by atoms with van der Waals surface area (Å²) in [6.07, 6.45) is 1.92. The summed E-state index contributed by atoms with van der Waals surface area (Å²) in [5.41, 5.74) is 2.72. The lowest BCUT2D eigenvalue weighted by atomic mass is 9.79. The van der Waals surface area contributed by atoms with E-state index in [4.69, 9.17) is 4.74 Å². The zero-order valence-corrected chi connectivity index (χ0v) is 35.8. The van der Waals surface area contributed by atoms with E-state index in [9.17, 15) is 24.9 Å². The molecule has 6 saturated heterocycles. The molecule has 0 saturated carbocycles. The number of anilines is 2. The van der Waals surface area contributed by atoms with Crippen LogP contribution >= 0.6 is 0 Å². The van der Waals surface area contributed by atoms with E-state index in [0.29, 0.717) is 90.0 Å². The van der Waals surface area contributed by atoms with Crippen LogP contribution in [0.25, 0.3) is 49.2 Å². The fraction of sp³-hybridized carbons (Fsp3) is 0.511. The summed E-state index contributed by atoms with van der Waals surface area (Å²) in [6.45, 7) is 18.9. The number of phenolic OH excluding ortho intramolecular Hbond substituents is 1. The number of hydrogen-bond donors (Lipinski definition) is 5. The van der Waals surface area contributed by atoms with Gasteiger partial charge >= 0.3 is 0 Å². The minimum absolute atomic E-state index is 0.0614. The average Bonchev–Trinajstić information content (AvgIpc) is 3.37. The van der Waals surface area contributed by atoms with Crippen LogP contribution in [0.5, 0.6) is 11.5 Å². The number of methoxy groups -OCH3 is 1. The lowest BCUT2D eigenvalue weighted by Gasteiger charge is -2.54. The van der Waals surface area contributed by atoms with Crippen molar-refractivity contribution in [3.8, 4) is 11.5 Å². The number of fused-ring (bicyclic) bond motifs is 7. The number of Topliss-reactive ketones (excluding diaryl/α,β-unsaturated/α-hetero) is 1. The predicted molar refractivity (Wildman–Crippen MR) is 237 cm³/mol. The van der Waals surface area contributed by atoms with Gasteiger partial charge in [0.1, 0.15) is 84.3 Å². The Labute approximate surface area is 349 Å². The molecule has 5 aromatic carbocycles. The maximum Gasteiger partial charge on any atom is 0.230 e. The molecule has 0 radical (unpaired) electrons. The van der Waals surface area contributed by atoms with Crippen molar-refractivity contribution in [1.82, 2.24) is 0 Å². The number of quaternary nitrogens is 4. The van der Waals surface area contributed by atoms with Gasteiger partial charge < -0.3 is 48.6 Å². The smallest absolute Gasteiger partial charge is 0.230 e. The van der Waals surface area contributed by atoms with Gasteiger partial charge in [-0.2, -0.15) is 0 Å². The first-order chi connectivity index (χ1) is 28.7. The topological polar surface area (TPSA) is 145 Å². The monoisotopic (exact) mass is 820 g/mol. The van der Waals surface area contributed by atoms with Crippen LogP contribution in [0.4, 0.5) is 11.4 Å². The Morgan fingerprint density at radius 2 is 1.23 bits per heavy atom. The van der Waals surface area contributed by atoms with Gasteiger partial charge in [-0.05, 0) is 53.3 Å². The summed E-state index contributed by atoms with van der Waals surface area (Å²) in [6, 6.07) is 3.20. The molecule has 0 spiro atoms. The molecular weight excluding hydrogens is 761 g/mol. The van der Waals surface area contributed by atoms with Crippen LogP contribution in [-0.4, -0.2) is 165 Å². The molecule has 4 bridgehead atoms. The number of likely N-dealkylation sites (N-methyl/N-ethyl adjacent to an activating group) is 2.